The summed E-state index contributed by atoms with van der Waals surface area (Å²) in [6.07, 6.45) is 1.45. The third-order valence-corrected chi connectivity index (χ3v) is 4.00. The smallest absolute Gasteiger partial charge is 0.253 e. The molecule has 3 nitrogen and oxygen atoms in total. The Morgan fingerprint density at radius 3 is 2.67 bits per heavy atom. The molecule has 0 spiro atoms. The Kier molecular flexibility index (Phi) is 4.22. The summed E-state index contributed by atoms with van der Waals surface area (Å²) in [5.74, 6) is -0.184. The van der Waals surface area contributed by atoms with Crippen LogP contribution in [-0.4, -0.2) is 10.9 Å². The van der Waals surface area contributed by atoms with Gasteiger partial charge in [-0.25, -0.2) is 4.98 Å². The standard InChI is InChI=1S/C12H10Cl2N2OS/c1-7(9-3-5-11(14)18-9)16-12(17)8-2-4-10(13)15-6-8/h2-7H,1H3,(H,16,17). The summed E-state index contributed by atoms with van der Waals surface area (Å²) in [5, 5.41) is 3.24. The maximum atomic E-state index is 11.9. The molecule has 0 radical (unpaired) electrons. The molecular weight excluding hydrogens is 291 g/mol. The molecule has 0 aliphatic heterocycles. The highest BCUT2D eigenvalue weighted by Gasteiger charge is 2.13. The summed E-state index contributed by atoms with van der Waals surface area (Å²) in [4.78, 5) is 16.8. The average molecular weight is 301 g/mol. The summed E-state index contributed by atoms with van der Waals surface area (Å²) >= 11 is 13.0. The normalized spacial score (nSPS) is 12.2. The molecule has 0 saturated heterocycles. The molecule has 1 N–H and O–H groups in total. The monoisotopic (exact) mass is 300 g/mol. The Hall–Kier alpha value is -1.10. The fraction of sp³-hybridized carbons (Fsp3) is 0.167. The number of halogens is 2. The SMILES string of the molecule is CC(NC(=O)c1ccc(Cl)nc1)c1ccc(Cl)s1. The van der Waals surface area contributed by atoms with Gasteiger partial charge in [-0.2, -0.15) is 0 Å². The minimum absolute atomic E-state index is 0.0920. The highest BCUT2D eigenvalue weighted by atomic mass is 35.5. The van der Waals surface area contributed by atoms with Gasteiger partial charge in [0.25, 0.3) is 5.91 Å². The number of carbonyl (C=O) groups is 1. The molecule has 0 bridgehead atoms. The van der Waals surface area contributed by atoms with Crippen molar-refractivity contribution in [1.29, 1.82) is 0 Å². The first-order valence-corrected chi connectivity index (χ1v) is 6.81. The molecule has 0 saturated carbocycles. The summed E-state index contributed by atoms with van der Waals surface area (Å²) in [6, 6.07) is 6.85. The number of nitrogens with zero attached hydrogens (tertiary/aromatic N) is 1. The number of rotatable bonds is 3. The molecule has 1 atom stereocenters. The first-order chi connectivity index (χ1) is 8.56. The van der Waals surface area contributed by atoms with Gasteiger partial charge in [-0.05, 0) is 31.2 Å². The van der Waals surface area contributed by atoms with E-state index >= 15 is 0 Å². The van der Waals surface area contributed by atoms with E-state index in [4.69, 9.17) is 23.2 Å². The van der Waals surface area contributed by atoms with Crippen LogP contribution in [-0.2, 0) is 0 Å². The topological polar surface area (TPSA) is 42.0 Å². The maximum Gasteiger partial charge on any atom is 0.253 e. The van der Waals surface area contributed by atoms with Crippen molar-refractivity contribution < 1.29 is 4.79 Å². The Morgan fingerprint density at radius 2 is 2.11 bits per heavy atom. The van der Waals surface area contributed by atoms with Gasteiger partial charge in [0.05, 0.1) is 15.9 Å². The minimum Gasteiger partial charge on any atom is -0.345 e. The minimum atomic E-state index is -0.184. The Labute approximate surface area is 119 Å². The van der Waals surface area contributed by atoms with E-state index in [0.29, 0.717) is 15.1 Å². The van der Waals surface area contributed by atoms with Crippen LogP contribution >= 0.6 is 34.5 Å². The molecule has 0 aromatic carbocycles. The highest BCUT2D eigenvalue weighted by molar-refractivity contribution is 7.16. The molecule has 0 fully saturated rings. The van der Waals surface area contributed by atoms with Gasteiger partial charge >= 0.3 is 0 Å². The highest BCUT2D eigenvalue weighted by Crippen LogP contribution is 2.26. The van der Waals surface area contributed by atoms with E-state index in [9.17, 15) is 4.79 Å². The van der Waals surface area contributed by atoms with Gasteiger partial charge in [0.2, 0.25) is 0 Å². The lowest BCUT2D eigenvalue weighted by molar-refractivity contribution is 0.0940. The largest absolute Gasteiger partial charge is 0.345 e. The van der Waals surface area contributed by atoms with Crippen LogP contribution in [0.3, 0.4) is 0 Å². The number of carbonyl (C=O) groups excluding carboxylic acids is 1. The van der Waals surface area contributed by atoms with Crippen molar-refractivity contribution in [3.8, 4) is 0 Å². The Bertz CT molecular complexity index is 553. The predicted octanol–water partition coefficient (Wildman–Crippen LogP) is 3.94. The van der Waals surface area contributed by atoms with Gasteiger partial charge < -0.3 is 5.32 Å². The summed E-state index contributed by atoms with van der Waals surface area (Å²) in [6.45, 7) is 1.91. The van der Waals surface area contributed by atoms with Crippen molar-refractivity contribution in [2.45, 2.75) is 13.0 Å². The number of nitrogens with one attached hydrogen (secondary N) is 1. The van der Waals surface area contributed by atoms with Crippen LogP contribution in [0.2, 0.25) is 9.49 Å². The quantitative estimate of drug-likeness (QED) is 0.872. The number of hydrogen-bond acceptors (Lipinski definition) is 3. The van der Waals surface area contributed by atoms with Crippen LogP contribution in [0.1, 0.15) is 28.2 Å². The van der Waals surface area contributed by atoms with Gasteiger partial charge in [0, 0.05) is 11.1 Å². The van der Waals surface area contributed by atoms with Crippen LogP contribution in [0, 0.1) is 0 Å². The molecule has 2 rings (SSSR count). The van der Waals surface area contributed by atoms with Gasteiger partial charge in [-0.3, -0.25) is 4.79 Å². The molecule has 6 heteroatoms. The molecule has 2 heterocycles. The van der Waals surface area contributed by atoms with E-state index in [1.807, 2.05) is 19.1 Å². The third kappa shape index (κ3) is 3.22. The molecule has 0 aliphatic rings. The van der Waals surface area contributed by atoms with Crippen molar-refractivity contribution >= 4 is 40.4 Å². The molecular formula is C12H10Cl2N2OS. The second-order valence-electron chi connectivity index (χ2n) is 3.71. The second-order valence-corrected chi connectivity index (χ2v) is 5.84. The number of aromatic nitrogens is 1. The molecule has 18 heavy (non-hydrogen) atoms. The van der Waals surface area contributed by atoms with Crippen LogP contribution in [0.25, 0.3) is 0 Å². The van der Waals surface area contributed by atoms with E-state index in [1.165, 1.54) is 17.5 Å². The molecule has 94 valence electrons. The fourth-order valence-electron chi connectivity index (χ4n) is 1.42. The maximum absolute atomic E-state index is 11.9. The van der Waals surface area contributed by atoms with Crippen molar-refractivity contribution in [2.24, 2.45) is 0 Å². The van der Waals surface area contributed by atoms with Crippen molar-refractivity contribution in [3.05, 3.63) is 50.4 Å². The first-order valence-electron chi connectivity index (χ1n) is 5.24. The second kappa shape index (κ2) is 5.69. The predicted molar refractivity (Wildman–Crippen MR) is 74.5 cm³/mol. The van der Waals surface area contributed by atoms with Crippen molar-refractivity contribution in [1.82, 2.24) is 10.3 Å². The van der Waals surface area contributed by atoms with Crippen LogP contribution in [0.4, 0.5) is 0 Å². The summed E-state index contributed by atoms with van der Waals surface area (Å²) < 4.78 is 0.708. The molecule has 1 unspecified atom stereocenters. The zero-order valence-electron chi connectivity index (χ0n) is 9.48. The molecule has 2 aromatic heterocycles. The van der Waals surface area contributed by atoms with Gasteiger partial charge in [0.1, 0.15) is 5.15 Å². The fourth-order valence-corrected chi connectivity index (χ4v) is 2.60. The van der Waals surface area contributed by atoms with Crippen LogP contribution < -0.4 is 5.32 Å². The van der Waals surface area contributed by atoms with E-state index in [0.717, 1.165) is 4.88 Å². The first kappa shape index (κ1) is 13.3. The van der Waals surface area contributed by atoms with Crippen molar-refractivity contribution in [3.63, 3.8) is 0 Å². The number of amides is 1. The van der Waals surface area contributed by atoms with Crippen LogP contribution in [0.5, 0.6) is 0 Å². The number of hydrogen-bond donors (Lipinski definition) is 1. The van der Waals surface area contributed by atoms with Crippen LogP contribution in [0.15, 0.2) is 30.5 Å². The van der Waals surface area contributed by atoms with Crippen molar-refractivity contribution in [2.75, 3.05) is 0 Å². The van der Waals surface area contributed by atoms with Gasteiger partial charge in [-0.15, -0.1) is 11.3 Å². The molecule has 2 aromatic rings. The number of pyridine rings is 1. The lowest BCUT2D eigenvalue weighted by atomic mass is 10.2. The van der Waals surface area contributed by atoms with E-state index in [1.54, 1.807) is 12.1 Å². The third-order valence-electron chi connectivity index (χ3n) is 2.36. The van der Waals surface area contributed by atoms with Gasteiger partial charge in [-0.1, -0.05) is 23.2 Å². The Balaban J connectivity index is 2.05. The molecule has 0 aliphatic carbocycles. The van der Waals surface area contributed by atoms with Gasteiger partial charge in [0.15, 0.2) is 0 Å². The summed E-state index contributed by atoms with van der Waals surface area (Å²) in [5.41, 5.74) is 0.480. The Morgan fingerprint density at radius 1 is 1.33 bits per heavy atom. The lowest BCUT2D eigenvalue weighted by Gasteiger charge is -2.11. The summed E-state index contributed by atoms with van der Waals surface area (Å²) in [7, 11) is 0. The lowest BCUT2D eigenvalue weighted by Crippen LogP contribution is -2.26. The van der Waals surface area contributed by atoms with E-state index in [2.05, 4.69) is 10.3 Å². The van der Waals surface area contributed by atoms with E-state index in [-0.39, 0.29) is 11.9 Å². The number of thiophene rings is 1. The average Bonchev–Trinajstić information content (AvgIpc) is 2.76. The van der Waals surface area contributed by atoms with E-state index < -0.39 is 0 Å². The molecule has 1 amide bonds. The zero-order valence-corrected chi connectivity index (χ0v) is 11.8. The zero-order chi connectivity index (χ0) is 13.1.